The Morgan fingerprint density at radius 1 is 0.739 bits per heavy atom. The van der Waals surface area contributed by atoms with Gasteiger partial charge in [0.2, 0.25) is 9.84 Å². The lowest BCUT2D eigenvalue weighted by Crippen LogP contribution is -2.13. The zero-order valence-electron chi connectivity index (χ0n) is 13.7. The molecule has 6 nitrogen and oxygen atoms in total. The Bertz CT molecular complexity index is 766. The van der Waals surface area contributed by atoms with E-state index in [4.69, 9.17) is 11.5 Å². The number of nitrogens with zero attached hydrogens (tertiary/aromatic N) is 2. The first-order chi connectivity index (χ1) is 10.6. The Morgan fingerprint density at radius 3 is 1.35 bits per heavy atom. The van der Waals surface area contributed by atoms with E-state index in [1.165, 1.54) is 12.1 Å². The van der Waals surface area contributed by atoms with Crippen molar-refractivity contribution in [2.45, 2.75) is 9.79 Å². The van der Waals surface area contributed by atoms with E-state index in [1.54, 1.807) is 24.3 Å². The summed E-state index contributed by atoms with van der Waals surface area (Å²) in [6.45, 7) is 0. The van der Waals surface area contributed by atoms with Gasteiger partial charge in [0.05, 0.1) is 32.5 Å². The van der Waals surface area contributed by atoms with Crippen LogP contribution in [0.5, 0.6) is 0 Å². The van der Waals surface area contributed by atoms with Crippen molar-refractivity contribution in [1.29, 1.82) is 0 Å². The van der Waals surface area contributed by atoms with Crippen LogP contribution in [-0.4, -0.2) is 36.6 Å². The maximum Gasteiger partial charge on any atom is 0.206 e. The molecule has 0 heterocycles. The van der Waals surface area contributed by atoms with Crippen molar-refractivity contribution in [3.05, 3.63) is 36.4 Å². The summed E-state index contributed by atoms with van der Waals surface area (Å²) in [4.78, 5) is 3.96. The standard InChI is InChI=1S/C16H22N4O2S/c1-19(2)15-7-5-11(9-13(15)17)23(21,22)12-6-8-16(20(3)4)14(18)10-12/h5-10H,17-18H2,1-4H3. The average Bonchev–Trinajstić information content (AvgIpc) is 2.46. The number of nitrogen functional groups attached to an aromatic ring is 2. The molecule has 7 heteroatoms. The molecule has 0 aliphatic carbocycles. The maximum absolute atomic E-state index is 12.8. The lowest BCUT2D eigenvalue weighted by atomic mass is 10.2. The highest BCUT2D eigenvalue weighted by molar-refractivity contribution is 7.91. The number of anilines is 4. The van der Waals surface area contributed by atoms with Crippen LogP contribution in [0.15, 0.2) is 46.2 Å². The third-order valence-electron chi connectivity index (χ3n) is 3.58. The number of nitrogens with two attached hydrogens (primary N) is 2. The van der Waals surface area contributed by atoms with Gasteiger partial charge in [-0.25, -0.2) is 8.42 Å². The van der Waals surface area contributed by atoms with Crippen molar-refractivity contribution in [1.82, 2.24) is 0 Å². The van der Waals surface area contributed by atoms with E-state index in [2.05, 4.69) is 0 Å². The third kappa shape index (κ3) is 3.19. The fourth-order valence-corrected chi connectivity index (χ4v) is 3.68. The average molecular weight is 334 g/mol. The van der Waals surface area contributed by atoms with E-state index < -0.39 is 9.84 Å². The Balaban J connectivity index is 2.50. The zero-order chi connectivity index (χ0) is 17.4. The van der Waals surface area contributed by atoms with Gasteiger partial charge >= 0.3 is 0 Å². The van der Waals surface area contributed by atoms with Crippen LogP contribution in [0, 0.1) is 0 Å². The molecule has 0 fully saturated rings. The molecule has 23 heavy (non-hydrogen) atoms. The first-order valence-electron chi connectivity index (χ1n) is 7.03. The summed E-state index contributed by atoms with van der Waals surface area (Å²) in [5.74, 6) is 0. The number of hydrogen-bond donors (Lipinski definition) is 2. The normalized spacial score (nSPS) is 11.3. The summed E-state index contributed by atoms with van der Waals surface area (Å²) in [6, 6.07) is 9.44. The van der Waals surface area contributed by atoms with Gasteiger partial charge in [-0.05, 0) is 36.4 Å². The van der Waals surface area contributed by atoms with Crippen LogP contribution in [0.1, 0.15) is 0 Å². The highest BCUT2D eigenvalue weighted by Crippen LogP contribution is 2.31. The minimum Gasteiger partial charge on any atom is -0.397 e. The SMILES string of the molecule is CN(C)c1ccc(S(=O)(=O)c2ccc(N(C)C)c(N)c2)cc1N. The summed E-state index contributed by atoms with van der Waals surface area (Å²) in [5, 5.41) is 0. The van der Waals surface area contributed by atoms with E-state index in [1.807, 2.05) is 38.0 Å². The second-order valence-corrected chi connectivity index (χ2v) is 7.68. The van der Waals surface area contributed by atoms with Crippen LogP contribution >= 0.6 is 0 Å². The van der Waals surface area contributed by atoms with Gasteiger partial charge in [0, 0.05) is 28.2 Å². The number of rotatable bonds is 4. The Kier molecular flexibility index (Phi) is 4.42. The fourth-order valence-electron chi connectivity index (χ4n) is 2.35. The van der Waals surface area contributed by atoms with Crippen molar-refractivity contribution in [3.63, 3.8) is 0 Å². The highest BCUT2D eigenvalue weighted by atomic mass is 32.2. The molecule has 4 N–H and O–H groups in total. The molecule has 124 valence electrons. The molecule has 0 bridgehead atoms. The summed E-state index contributed by atoms with van der Waals surface area (Å²) >= 11 is 0. The predicted molar refractivity (Wildman–Crippen MR) is 95.8 cm³/mol. The first kappa shape index (κ1) is 17.0. The van der Waals surface area contributed by atoms with Crippen LogP contribution in [-0.2, 0) is 9.84 Å². The van der Waals surface area contributed by atoms with Crippen LogP contribution in [0.4, 0.5) is 22.7 Å². The van der Waals surface area contributed by atoms with Gasteiger partial charge in [-0.3, -0.25) is 0 Å². The Labute approximate surface area is 137 Å². The molecule has 0 spiro atoms. The predicted octanol–water partition coefficient (Wildman–Crippen LogP) is 1.82. The fraction of sp³-hybridized carbons (Fsp3) is 0.250. The molecule has 0 aliphatic rings. The third-order valence-corrected chi connectivity index (χ3v) is 5.33. The lowest BCUT2D eigenvalue weighted by molar-refractivity contribution is 0.596. The molecule has 0 saturated heterocycles. The Morgan fingerprint density at radius 2 is 1.09 bits per heavy atom. The molecule has 2 aromatic carbocycles. The van der Waals surface area contributed by atoms with Crippen molar-refractivity contribution >= 4 is 32.6 Å². The van der Waals surface area contributed by atoms with E-state index >= 15 is 0 Å². The van der Waals surface area contributed by atoms with Gasteiger partial charge in [-0.1, -0.05) is 0 Å². The zero-order valence-corrected chi connectivity index (χ0v) is 14.6. The molecule has 0 aliphatic heterocycles. The smallest absolute Gasteiger partial charge is 0.206 e. The van der Waals surface area contributed by atoms with Crippen LogP contribution < -0.4 is 21.3 Å². The number of sulfone groups is 1. The second kappa shape index (κ2) is 6.00. The van der Waals surface area contributed by atoms with Gasteiger partial charge in [0.25, 0.3) is 0 Å². The van der Waals surface area contributed by atoms with Crippen LogP contribution in [0.25, 0.3) is 0 Å². The van der Waals surface area contributed by atoms with Crippen molar-refractivity contribution in [3.8, 4) is 0 Å². The molecule has 0 unspecified atom stereocenters. The van der Waals surface area contributed by atoms with Gasteiger partial charge in [-0.2, -0.15) is 0 Å². The monoisotopic (exact) mass is 334 g/mol. The second-order valence-electron chi connectivity index (χ2n) is 5.73. The summed E-state index contributed by atoms with van der Waals surface area (Å²) in [6.07, 6.45) is 0. The largest absolute Gasteiger partial charge is 0.397 e. The molecule has 0 atom stereocenters. The topological polar surface area (TPSA) is 92.7 Å². The molecule has 0 radical (unpaired) electrons. The van der Waals surface area contributed by atoms with Crippen molar-refractivity contribution in [2.75, 3.05) is 49.5 Å². The minimum atomic E-state index is -3.67. The number of benzene rings is 2. The molecule has 0 amide bonds. The van der Waals surface area contributed by atoms with Gasteiger partial charge < -0.3 is 21.3 Å². The quantitative estimate of drug-likeness (QED) is 0.829. The van der Waals surface area contributed by atoms with E-state index in [-0.39, 0.29) is 9.79 Å². The maximum atomic E-state index is 12.8. The molecule has 2 rings (SSSR count). The van der Waals surface area contributed by atoms with Crippen molar-refractivity contribution in [2.24, 2.45) is 0 Å². The molecule has 2 aromatic rings. The first-order valence-corrected chi connectivity index (χ1v) is 8.51. The van der Waals surface area contributed by atoms with Gasteiger partial charge in [0.15, 0.2) is 0 Å². The molecule has 0 saturated carbocycles. The van der Waals surface area contributed by atoms with Crippen LogP contribution in [0.3, 0.4) is 0 Å². The molecular formula is C16H22N4O2S. The summed E-state index contributed by atoms with van der Waals surface area (Å²) < 4.78 is 25.5. The van der Waals surface area contributed by atoms with E-state index in [0.29, 0.717) is 11.4 Å². The van der Waals surface area contributed by atoms with Gasteiger partial charge in [-0.15, -0.1) is 0 Å². The molecular weight excluding hydrogens is 312 g/mol. The molecule has 0 aromatic heterocycles. The minimum absolute atomic E-state index is 0.151. The van der Waals surface area contributed by atoms with Gasteiger partial charge in [0.1, 0.15) is 0 Å². The Hall–Kier alpha value is -2.41. The highest BCUT2D eigenvalue weighted by Gasteiger charge is 2.20. The van der Waals surface area contributed by atoms with E-state index in [0.717, 1.165) is 11.4 Å². The summed E-state index contributed by atoms with van der Waals surface area (Å²) in [7, 11) is 3.73. The summed E-state index contributed by atoms with van der Waals surface area (Å²) in [5.41, 5.74) is 14.3. The van der Waals surface area contributed by atoms with E-state index in [9.17, 15) is 8.42 Å². The van der Waals surface area contributed by atoms with Crippen molar-refractivity contribution < 1.29 is 8.42 Å². The lowest BCUT2D eigenvalue weighted by Gasteiger charge is -2.17. The number of hydrogen-bond acceptors (Lipinski definition) is 6. The van der Waals surface area contributed by atoms with Crippen LogP contribution in [0.2, 0.25) is 0 Å².